The van der Waals surface area contributed by atoms with E-state index in [0.717, 1.165) is 0 Å². The SMILES string of the molecule is CCSCC(C)C(C)CO. The second kappa shape index (κ2) is 6.05. The van der Waals surface area contributed by atoms with Gasteiger partial charge in [0.2, 0.25) is 0 Å². The molecule has 0 heterocycles. The lowest BCUT2D eigenvalue weighted by Crippen LogP contribution is -2.14. The summed E-state index contributed by atoms with van der Waals surface area (Å²) in [5.74, 6) is 3.47. The summed E-state index contributed by atoms with van der Waals surface area (Å²) in [4.78, 5) is 0. The topological polar surface area (TPSA) is 20.2 Å². The first-order valence-electron chi connectivity index (χ1n) is 3.91. The van der Waals surface area contributed by atoms with E-state index in [4.69, 9.17) is 5.11 Å². The van der Waals surface area contributed by atoms with Gasteiger partial charge in [0, 0.05) is 6.61 Å². The molecule has 0 aromatic rings. The molecule has 0 spiro atoms. The van der Waals surface area contributed by atoms with Gasteiger partial charge in [-0.15, -0.1) is 0 Å². The minimum absolute atomic E-state index is 0.325. The van der Waals surface area contributed by atoms with Gasteiger partial charge in [0.1, 0.15) is 0 Å². The van der Waals surface area contributed by atoms with Crippen molar-refractivity contribution in [2.75, 3.05) is 18.1 Å². The molecular weight excluding hydrogens is 144 g/mol. The highest BCUT2D eigenvalue weighted by molar-refractivity contribution is 7.99. The highest BCUT2D eigenvalue weighted by Gasteiger charge is 2.09. The molecule has 0 fully saturated rings. The Hall–Kier alpha value is 0.310. The number of thioether (sulfide) groups is 1. The summed E-state index contributed by atoms with van der Waals surface area (Å²) in [6, 6.07) is 0. The Bertz CT molecular complexity index is 75.7. The third-order valence-corrected chi connectivity index (χ3v) is 3.01. The van der Waals surface area contributed by atoms with Crippen molar-refractivity contribution in [3.05, 3.63) is 0 Å². The van der Waals surface area contributed by atoms with Gasteiger partial charge in [-0.25, -0.2) is 0 Å². The van der Waals surface area contributed by atoms with Crippen LogP contribution in [0.1, 0.15) is 20.8 Å². The van der Waals surface area contributed by atoms with E-state index in [-0.39, 0.29) is 0 Å². The average Bonchev–Trinajstić information content (AvgIpc) is 1.98. The first kappa shape index (κ1) is 10.3. The van der Waals surface area contributed by atoms with Crippen LogP contribution in [0.5, 0.6) is 0 Å². The van der Waals surface area contributed by atoms with Gasteiger partial charge in [0.25, 0.3) is 0 Å². The summed E-state index contributed by atoms with van der Waals surface area (Å²) < 4.78 is 0. The maximum atomic E-state index is 8.80. The highest BCUT2D eigenvalue weighted by Crippen LogP contribution is 2.15. The predicted molar refractivity (Wildman–Crippen MR) is 48.4 cm³/mol. The van der Waals surface area contributed by atoms with E-state index >= 15 is 0 Å². The Morgan fingerprint density at radius 1 is 1.30 bits per heavy atom. The molecule has 0 rings (SSSR count). The third-order valence-electron chi connectivity index (χ3n) is 1.84. The van der Waals surface area contributed by atoms with Crippen molar-refractivity contribution in [1.29, 1.82) is 0 Å². The number of hydrogen-bond donors (Lipinski definition) is 1. The minimum Gasteiger partial charge on any atom is -0.396 e. The van der Waals surface area contributed by atoms with Crippen LogP contribution >= 0.6 is 11.8 Å². The molecule has 0 saturated heterocycles. The Labute approximate surface area is 68.2 Å². The largest absolute Gasteiger partial charge is 0.396 e. The van der Waals surface area contributed by atoms with E-state index in [1.165, 1.54) is 11.5 Å². The van der Waals surface area contributed by atoms with Crippen LogP contribution in [0.15, 0.2) is 0 Å². The van der Waals surface area contributed by atoms with Gasteiger partial charge in [-0.1, -0.05) is 20.8 Å². The van der Waals surface area contributed by atoms with E-state index in [9.17, 15) is 0 Å². The van der Waals surface area contributed by atoms with Crippen LogP contribution in [0, 0.1) is 11.8 Å². The molecule has 0 aliphatic rings. The number of aliphatic hydroxyl groups is 1. The fraction of sp³-hybridized carbons (Fsp3) is 1.00. The molecule has 10 heavy (non-hydrogen) atoms. The molecule has 0 aromatic carbocycles. The van der Waals surface area contributed by atoms with E-state index in [1.807, 2.05) is 11.8 Å². The minimum atomic E-state index is 0.325. The first-order valence-corrected chi connectivity index (χ1v) is 5.06. The standard InChI is InChI=1S/C8H18OS/c1-4-10-6-8(3)7(2)5-9/h7-9H,4-6H2,1-3H3. The lowest BCUT2D eigenvalue weighted by Gasteiger charge is -2.16. The smallest absolute Gasteiger partial charge is 0.0459 e. The molecule has 0 aliphatic carbocycles. The quantitative estimate of drug-likeness (QED) is 0.667. The van der Waals surface area contributed by atoms with Crippen molar-refractivity contribution in [2.45, 2.75) is 20.8 Å². The maximum absolute atomic E-state index is 8.80. The molecule has 0 aliphatic heterocycles. The zero-order valence-electron chi connectivity index (χ0n) is 7.13. The van der Waals surface area contributed by atoms with Crippen molar-refractivity contribution < 1.29 is 5.11 Å². The predicted octanol–water partition coefficient (Wildman–Crippen LogP) is 2.00. The lowest BCUT2D eigenvalue weighted by atomic mass is 9.99. The van der Waals surface area contributed by atoms with E-state index < -0.39 is 0 Å². The Morgan fingerprint density at radius 2 is 1.90 bits per heavy atom. The van der Waals surface area contributed by atoms with Crippen LogP contribution in [0.25, 0.3) is 0 Å². The van der Waals surface area contributed by atoms with Gasteiger partial charge >= 0.3 is 0 Å². The van der Waals surface area contributed by atoms with Gasteiger partial charge in [-0.05, 0) is 23.3 Å². The Kier molecular flexibility index (Phi) is 6.24. The van der Waals surface area contributed by atoms with Gasteiger partial charge in [-0.3, -0.25) is 0 Å². The van der Waals surface area contributed by atoms with Crippen LogP contribution in [0.4, 0.5) is 0 Å². The van der Waals surface area contributed by atoms with Gasteiger partial charge in [-0.2, -0.15) is 11.8 Å². The van der Waals surface area contributed by atoms with Crippen LogP contribution in [-0.2, 0) is 0 Å². The Balaban J connectivity index is 3.31. The number of aliphatic hydroxyl groups excluding tert-OH is 1. The second-order valence-electron chi connectivity index (χ2n) is 2.80. The zero-order valence-corrected chi connectivity index (χ0v) is 7.95. The van der Waals surface area contributed by atoms with Gasteiger partial charge < -0.3 is 5.11 Å². The fourth-order valence-corrected chi connectivity index (χ4v) is 1.58. The van der Waals surface area contributed by atoms with Crippen molar-refractivity contribution in [2.24, 2.45) is 11.8 Å². The summed E-state index contributed by atoms with van der Waals surface area (Å²) in [7, 11) is 0. The average molecular weight is 162 g/mol. The molecule has 0 amide bonds. The second-order valence-corrected chi connectivity index (χ2v) is 4.12. The summed E-state index contributed by atoms with van der Waals surface area (Å²) >= 11 is 1.95. The lowest BCUT2D eigenvalue weighted by molar-refractivity contribution is 0.205. The van der Waals surface area contributed by atoms with E-state index in [2.05, 4.69) is 20.8 Å². The first-order chi connectivity index (χ1) is 4.72. The molecule has 0 saturated carbocycles. The summed E-state index contributed by atoms with van der Waals surface area (Å²) in [5, 5.41) is 8.80. The summed E-state index contributed by atoms with van der Waals surface area (Å²) in [5.41, 5.74) is 0. The van der Waals surface area contributed by atoms with Crippen molar-refractivity contribution >= 4 is 11.8 Å². The van der Waals surface area contributed by atoms with Crippen molar-refractivity contribution in [3.8, 4) is 0 Å². The normalized spacial score (nSPS) is 16.8. The molecule has 2 unspecified atom stereocenters. The molecule has 0 aromatic heterocycles. The molecule has 2 atom stereocenters. The van der Waals surface area contributed by atoms with E-state index in [1.54, 1.807) is 0 Å². The Morgan fingerprint density at radius 3 is 2.30 bits per heavy atom. The molecule has 1 nitrogen and oxygen atoms in total. The molecular formula is C8H18OS. The highest BCUT2D eigenvalue weighted by atomic mass is 32.2. The number of hydrogen-bond acceptors (Lipinski definition) is 2. The third kappa shape index (κ3) is 4.18. The monoisotopic (exact) mass is 162 g/mol. The van der Waals surface area contributed by atoms with Crippen molar-refractivity contribution in [3.63, 3.8) is 0 Å². The molecule has 0 bridgehead atoms. The van der Waals surface area contributed by atoms with Crippen LogP contribution in [0.3, 0.4) is 0 Å². The molecule has 2 heteroatoms. The van der Waals surface area contributed by atoms with Crippen LogP contribution < -0.4 is 0 Å². The molecule has 1 N–H and O–H groups in total. The fourth-order valence-electron chi connectivity index (χ4n) is 0.648. The molecule has 62 valence electrons. The number of rotatable bonds is 5. The van der Waals surface area contributed by atoms with Gasteiger partial charge in [0.05, 0.1) is 0 Å². The maximum Gasteiger partial charge on any atom is 0.0459 e. The summed E-state index contributed by atoms with van der Waals surface area (Å²) in [6.45, 7) is 6.79. The zero-order chi connectivity index (χ0) is 7.98. The van der Waals surface area contributed by atoms with Crippen LogP contribution in [-0.4, -0.2) is 23.2 Å². The van der Waals surface area contributed by atoms with Crippen LogP contribution in [0.2, 0.25) is 0 Å². The van der Waals surface area contributed by atoms with Crippen molar-refractivity contribution in [1.82, 2.24) is 0 Å². The van der Waals surface area contributed by atoms with E-state index in [0.29, 0.717) is 18.4 Å². The van der Waals surface area contributed by atoms with Gasteiger partial charge in [0.15, 0.2) is 0 Å². The molecule has 0 radical (unpaired) electrons. The summed E-state index contributed by atoms with van der Waals surface area (Å²) in [6.07, 6.45) is 0.